The Morgan fingerprint density at radius 1 is 1.31 bits per heavy atom. The summed E-state index contributed by atoms with van der Waals surface area (Å²) >= 11 is 1.43. The van der Waals surface area contributed by atoms with E-state index in [1.54, 1.807) is 6.92 Å². The highest BCUT2D eigenvalue weighted by Gasteiger charge is 2.44. The van der Waals surface area contributed by atoms with E-state index in [4.69, 9.17) is 13.3 Å². The number of thioether (sulfide) groups is 1. The van der Waals surface area contributed by atoms with Crippen molar-refractivity contribution in [2.45, 2.75) is 96.8 Å². The molecular weight excluding hydrogens is 368 g/mol. The zero-order valence-electron chi connectivity index (χ0n) is 16.8. The van der Waals surface area contributed by atoms with Gasteiger partial charge in [-0.05, 0) is 39.5 Å². The summed E-state index contributed by atoms with van der Waals surface area (Å²) in [4.78, 5) is 12.0. The molecular formula is C19H38O5SSi. The van der Waals surface area contributed by atoms with Crippen LogP contribution in [0, 0.1) is 0 Å². The van der Waals surface area contributed by atoms with Crippen molar-refractivity contribution in [2.24, 2.45) is 0 Å². The number of aliphatic hydroxyl groups is 1. The van der Waals surface area contributed by atoms with Crippen LogP contribution < -0.4 is 0 Å². The second-order valence-corrected chi connectivity index (χ2v) is 11.1. The van der Waals surface area contributed by atoms with Gasteiger partial charge < -0.3 is 18.4 Å². The molecule has 0 spiro atoms. The first-order valence-corrected chi connectivity index (χ1v) is 13.2. The molecule has 0 aliphatic carbocycles. The summed E-state index contributed by atoms with van der Waals surface area (Å²) in [5, 5.41) is 9.72. The fourth-order valence-corrected chi connectivity index (χ4v) is 6.75. The van der Waals surface area contributed by atoms with Crippen LogP contribution in [-0.4, -0.2) is 50.2 Å². The minimum atomic E-state index is -2.66. The quantitative estimate of drug-likeness (QED) is 0.337. The lowest BCUT2D eigenvalue weighted by Crippen LogP contribution is -2.52. The molecule has 1 saturated heterocycles. The van der Waals surface area contributed by atoms with Crippen molar-refractivity contribution in [3.63, 3.8) is 0 Å². The second kappa shape index (κ2) is 14.1. The molecule has 3 unspecified atom stereocenters. The Hall–Kier alpha value is 0.0769. The van der Waals surface area contributed by atoms with Gasteiger partial charge in [0.2, 0.25) is 0 Å². The van der Waals surface area contributed by atoms with Gasteiger partial charge in [-0.1, -0.05) is 44.4 Å². The molecule has 0 bridgehead atoms. The highest BCUT2D eigenvalue weighted by Crippen LogP contribution is 2.27. The minimum Gasteiger partial charge on any atom is -0.393 e. The molecule has 1 aliphatic heterocycles. The third-order valence-electron chi connectivity index (χ3n) is 4.46. The Morgan fingerprint density at radius 2 is 2.08 bits per heavy atom. The summed E-state index contributed by atoms with van der Waals surface area (Å²) in [6.07, 6.45) is 8.69. The molecule has 1 heterocycles. The maximum Gasteiger partial charge on any atom is 0.501 e. The Balaban J connectivity index is 2.25. The van der Waals surface area contributed by atoms with E-state index in [2.05, 4.69) is 13.8 Å². The van der Waals surface area contributed by atoms with Gasteiger partial charge in [0.15, 0.2) is 5.12 Å². The summed E-state index contributed by atoms with van der Waals surface area (Å²) in [6, 6.07) is 0.744. The van der Waals surface area contributed by atoms with Crippen LogP contribution in [0.5, 0.6) is 0 Å². The van der Waals surface area contributed by atoms with E-state index in [1.807, 2.05) is 0 Å². The smallest absolute Gasteiger partial charge is 0.393 e. The number of carbonyl (C=O) groups excluding carboxylic acids is 1. The number of unbranched alkanes of at least 4 members (excludes halogenated alkanes) is 4. The predicted octanol–water partition coefficient (Wildman–Crippen LogP) is 4.55. The molecule has 0 aromatic carbocycles. The molecule has 0 radical (unpaired) electrons. The fraction of sp³-hybridized carbons (Fsp3) is 0.947. The van der Waals surface area contributed by atoms with Crippen LogP contribution in [0.1, 0.15) is 78.6 Å². The molecule has 1 fully saturated rings. The number of carbonyl (C=O) groups is 1. The van der Waals surface area contributed by atoms with E-state index in [1.165, 1.54) is 31.0 Å². The Morgan fingerprint density at radius 3 is 2.77 bits per heavy atom. The average Bonchev–Trinajstić information content (AvgIpc) is 2.58. The summed E-state index contributed by atoms with van der Waals surface area (Å²) in [5.41, 5.74) is 0. The lowest BCUT2D eigenvalue weighted by atomic mass is 10.1. The standard InChI is InChI=1S/C19H38O5SSi/c1-4-5-6-7-8-10-19(21)25-15-9-16-26(22-13-11-17(2)20)23-14-12-18(3)24-26/h17-18,20H,4-16H2,1-3H3. The van der Waals surface area contributed by atoms with E-state index in [0.717, 1.165) is 37.5 Å². The molecule has 0 saturated carbocycles. The van der Waals surface area contributed by atoms with Gasteiger partial charge in [-0.15, -0.1) is 0 Å². The predicted molar refractivity (Wildman–Crippen MR) is 109 cm³/mol. The first kappa shape index (κ1) is 24.1. The topological polar surface area (TPSA) is 65.0 Å². The molecule has 1 rings (SSSR count). The molecule has 1 N–H and O–H groups in total. The summed E-state index contributed by atoms with van der Waals surface area (Å²) in [5.74, 6) is 0.795. The van der Waals surface area contributed by atoms with E-state index in [-0.39, 0.29) is 12.2 Å². The maximum absolute atomic E-state index is 12.0. The Labute approximate surface area is 164 Å². The van der Waals surface area contributed by atoms with Gasteiger partial charge in [0.1, 0.15) is 0 Å². The van der Waals surface area contributed by atoms with Crippen LogP contribution in [0.3, 0.4) is 0 Å². The maximum atomic E-state index is 12.0. The third-order valence-corrected chi connectivity index (χ3v) is 8.49. The third kappa shape index (κ3) is 11.0. The lowest BCUT2D eigenvalue weighted by molar-refractivity contribution is -0.111. The Kier molecular flexibility index (Phi) is 13.1. The van der Waals surface area contributed by atoms with Crippen molar-refractivity contribution in [2.75, 3.05) is 19.0 Å². The molecule has 0 aromatic heterocycles. The average molecular weight is 407 g/mol. The molecule has 154 valence electrons. The van der Waals surface area contributed by atoms with Crippen LogP contribution in [-0.2, 0) is 18.1 Å². The second-order valence-electron chi connectivity index (χ2n) is 7.22. The van der Waals surface area contributed by atoms with Gasteiger partial charge in [-0.25, -0.2) is 0 Å². The highest BCUT2D eigenvalue weighted by molar-refractivity contribution is 8.13. The van der Waals surface area contributed by atoms with Crippen LogP contribution in [0.2, 0.25) is 6.04 Å². The summed E-state index contributed by atoms with van der Waals surface area (Å²) < 4.78 is 18.0. The number of aliphatic hydroxyl groups excluding tert-OH is 1. The van der Waals surface area contributed by atoms with Crippen LogP contribution >= 0.6 is 11.8 Å². The van der Waals surface area contributed by atoms with Crippen molar-refractivity contribution in [1.29, 1.82) is 0 Å². The van der Waals surface area contributed by atoms with Crippen LogP contribution in [0.4, 0.5) is 0 Å². The molecule has 3 atom stereocenters. The largest absolute Gasteiger partial charge is 0.501 e. The van der Waals surface area contributed by atoms with E-state index < -0.39 is 8.80 Å². The monoisotopic (exact) mass is 406 g/mol. The van der Waals surface area contributed by atoms with Crippen molar-refractivity contribution < 1.29 is 23.2 Å². The summed E-state index contributed by atoms with van der Waals surface area (Å²) in [7, 11) is -2.66. The zero-order valence-corrected chi connectivity index (χ0v) is 18.7. The number of rotatable bonds is 14. The normalized spacial score (nSPS) is 24.5. The van der Waals surface area contributed by atoms with E-state index in [9.17, 15) is 9.90 Å². The van der Waals surface area contributed by atoms with Crippen LogP contribution in [0.15, 0.2) is 0 Å². The highest BCUT2D eigenvalue weighted by atomic mass is 32.2. The van der Waals surface area contributed by atoms with Gasteiger partial charge in [0, 0.05) is 37.5 Å². The molecule has 26 heavy (non-hydrogen) atoms. The first-order valence-electron chi connectivity index (χ1n) is 10.3. The van der Waals surface area contributed by atoms with E-state index in [0.29, 0.717) is 31.2 Å². The van der Waals surface area contributed by atoms with Gasteiger partial charge >= 0.3 is 8.80 Å². The van der Waals surface area contributed by atoms with Gasteiger partial charge in [0.25, 0.3) is 0 Å². The van der Waals surface area contributed by atoms with Gasteiger partial charge in [-0.2, -0.15) is 0 Å². The zero-order chi connectivity index (χ0) is 19.3. The molecule has 7 heteroatoms. The lowest BCUT2D eigenvalue weighted by Gasteiger charge is -2.36. The van der Waals surface area contributed by atoms with E-state index >= 15 is 0 Å². The van der Waals surface area contributed by atoms with Crippen LogP contribution in [0.25, 0.3) is 0 Å². The van der Waals surface area contributed by atoms with Gasteiger partial charge in [-0.3, -0.25) is 4.79 Å². The van der Waals surface area contributed by atoms with Crippen molar-refractivity contribution in [3.05, 3.63) is 0 Å². The van der Waals surface area contributed by atoms with Gasteiger partial charge in [0.05, 0.1) is 6.10 Å². The van der Waals surface area contributed by atoms with Crippen molar-refractivity contribution in [3.8, 4) is 0 Å². The number of hydrogen-bond acceptors (Lipinski definition) is 6. The molecule has 1 aliphatic rings. The number of hydrogen-bond donors (Lipinski definition) is 1. The summed E-state index contributed by atoms with van der Waals surface area (Å²) in [6.45, 7) is 7.14. The molecule has 0 amide bonds. The minimum absolute atomic E-state index is 0.152. The fourth-order valence-electron chi connectivity index (χ4n) is 2.86. The van der Waals surface area contributed by atoms with Crippen molar-refractivity contribution >= 4 is 25.7 Å². The molecule has 5 nitrogen and oxygen atoms in total. The van der Waals surface area contributed by atoms with Crippen molar-refractivity contribution in [1.82, 2.24) is 0 Å². The molecule has 0 aromatic rings. The SMILES string of the molecule is CCCCCCCC(=O)SCCC[Si]1(OCCC(C)O)OCCC(C)O1. The Bertz CT molecular complexity index is 383. The first-order chi connectivity index (χ1) is 12.5.